The van der Waals surface area contributed by atoms with E-state index in [-0.39, 0.29) is 11.9 Å². The molecule has 1 fully saturated rings. The number of ether oxygens (including phenoxy) is 1. The van der Waals surface area contributed by atoms with E-state index in [9.17, 15) is 4.79 Å². The summed E-state index contributed by atoms with van der Waals surface area (Å²) in [6.07, 6.45) is 0. The lowest BCUT2D eigenvalue weighted by Gasteiger charge is -2.36. The number of benzene rings is 2. The van der Waals surface area contributed by atoms with Crippen molar-refractivity contribution in [2.24, 2.45) is 0 Å². The number of nitrogens with zero attached hydrogens (tertiary/aromatic N) is 3. The predicted octanol–water partition coefficient (Wildman–Crippen LogP) is 4.01. The van der Waals surface area contributed by atoms with Crippen LogP contribution in [0.4, 0.5) is 5.69 Å². The second kappa shape index (κ2) is 8.96. The Hall–Kier alpha value is -2.08. The van der Waals surface area contributed by atoms with E-state index >= 15 is 0 Å². The van der Waals surface area contributed by atoms with Crippen molar-refractivity contribution in [3.8, 4) is 5.75 Å². The fourth-order valence-electron chi connectivity index (χ4n) is 4.64. The van der Waals surface area contributed by atoms with Crippen molar-refractivity contribution >= 4 is 23.2 Å². The highest BCUT2D eigenvalue weighted by Crippen LogP contribution is 2.40. The van der Waals surface area contributed by atoms with Crippen molar-refractivity contribution in [2.45, 2.75) is 32.4 Å². The Labute approximate surface area is 184 Å². The molecule has 30 heavy (non-hydrogen) atoms. The number of fused-ring (bicyclic) bond motifs is 1. The topological polar surface area (TPSA) is 36.0 Å². The predicted molar refractivity (Wildman–Crippen MR) is 122 cm³/mol. The minimum absolute atomic E-state index is 0.198. The summed E-state index contributed by atoms with van der Waals surface area (Å²) in [7, 11) is 1.69. The standard InChI is InChI=1S/C24H30ClN3O2/c1-17-18(2)28(22-7-5-4-6-21(17)22)24(29)16-27-12-10-26(11-13-27)15-19-14-20(25)8-9-23(19)30-3/h4-9,14,17-18H,10-13,15-16H2,1-3H3/t17-,18+/m0/s1. The van der Waals surface area contributed by atoms with Gasteiger partial charge < -0.3 is 9.64 Å². The quantitative estimate of drug-likeness (QED) is 0.722. The van der Waals surface area contributed by atoms with Crippen LogP contribution in [0.5, 0.6) is 5.75 Å². The molecule has 2 aliphatic heterocycles. The van der Waals surface area contributed by atoms with Gasteiger partial charge in [0.25, 0.3) is 0 Å². The van der Waals surface area contributed by atoms with Crippen molar-refractivity contribution in [2.75, 3.05) is 44.7 Å². The zero-order chi connectivity index (χ0) is 21.3. The Morgan fingerprint density at radius 2 is 1.77 bits per heavy atom. The van der Waals surface area contributed by atoms with E-state index in [0.717, 1.165) is 54.7 Å². The molecule has 2 aliphatic rings. The Morgan fingerprint density at radius 3 is 2.50 bits per heavy atom. The highest BCUT2D eigenvalue weighted by molar-refractivity contribution is 6.30. The van der Waals surface area contributed by atoms with Crippen molar-refractivity contribution in [1.82, 2.24) is 9.80 Å². The fraction of sp³-hybridized carbons (Fsp3) is 0.458. The Morgan fingerprint density at radius 1 is 1.07 bits per heavy atom. The number of methoxy groups -OCH3 is 1. The number of hydrogen-bond acceptors (Lipinski definition) is 4. The van der Waals surface area contributed by atoms with Crippen LogP contribution in [-0.2, 0) is 11.3 Å². The van der Waals surface area contributed by atoms with Gasteiger partial charge in [-0.2, -0.15) is 0 Å². The van der Waals surface area contributed by atoms with Crippen molar-refractivity contribution < 1.29 is 9.53 Å². The third-order valence-electron chi connectivity index (χ3n) is 6.55. The normalized spacial score (nSPS) is 22.2. The van der Waals surface area contributed by atoms with Gasteiger partial charge >= 0.3 is 0 Å². The minimum Gasteiger partial charge on any atom is -0.496 e. The lowest BCUT2D eigenvalue weighted by Crippen LogP contribution is -2.50. The van der Waals surface area contributed by atoms with Gasteiger partial charge in [0, 0.05) is 61.0 Å². The number of carbonyl (C=O) groups excluding carboxylic acids is 1. The molecular weight excluding hydrogens is 398 g/mol. The summed E-state index contributed by atoms with van der Waals surface area (Å²) in [5.74, 6) is 1.44. The summed E-state index contributed by atoms with van der Waals surface area (Å²) in [6, 6.07) is 14.2. The first kappa shape index (κ1) is 21.2. The van der Waals surface area contributed by atoms with Crippen molar-refractivity contribution in [3.63, 3.8) is 0 Å². The van der Waals surface area contributed by atoms with Crippen LogP contribution in [0, 0.1) is 0 Å². The number of rotatable bonds is 5. The van der Waals surface area contributed by atoms with E-state index in [1.54, 1.807) is 7.11 Å². The lowest BCUT2D eigenvalue weighted by atomic mass is 9.98. The molecule has 0 unspecified atom stereocenters. The Bertz CT molecular complexity index is 911. The second-order valence-electron chi connectivity index (χ2n) is 8.36. The highest BCUT2D eigenvalue weighted by atomic mass is 35.5. The van der Waals surface area contributed by atoms with Crippen LogP contribution in [0.15, 0.2) is 42.5 Å². The third kappa shape index (κ3) is 4.20. The molecule has 0 radical (unpaired) electrons. The average molecular weight is 428 g/mol. The number of piperazine rings is 1. The van der Waals surface area contributed by atoms with E-state index in [2.05, 4.69) is 41.8 Å². The van der Waals surface area contributed by atoms with E-state index in [4.69, 9.17) is 16.3 Å². The number of anilines is 1. The fourth-order valence-corrected chi connectivity index (χ4v) is 4.84. The number of hydrogen-bond donors (Lipinski definition) is 0. The zero-order valence-corrected chi connectivity index (χ0v) is 18.7. The lowest BCUT2D eigenvalue weighted by molar-refractivity contribution is -0.120. The summed E-state index contributed by atoms with van der Waals surface area (Å²) in [4.78, 5) is 19.8. The van der Waals surface area contributed by atoms with Gasteiger partial charge in [-0.3, -0.25) is 14.6 Å². The molecule has 6 heteroatoms. The molecule has 0 saturated carbocycles. The molecule has 0 spiro atoms. The van der Waals surface area contributed by atoms with Crippen LogP contribution in [0.2, 0.25) is 5.02 Å². The summed E-state index contributed by atoms with van der Waals surface area (Å²) in [5, 5.41) is 0.726. The monoisotopic (exact) mass is 427 g/mol. The molecule has 2 atom stereocenters. The number of carbonyl (C=O) groups is 1. The van der Waals surface area contributed by atoms with Crippen LogP contribution in [0.25, 0.3) is 0 Å². The van der Waals surface area contributed by atoms with E-state index in [1.165, 1.54) is 5.56 Å². The molecule has 2 aromatic rings. The van der Waals surface area contributed by atoms with Gasteiger partial charge in [-0.1, -0.05) is 36.7 Å². The number of para-hydroxylation sites is 1. The zero-order valence-electron chi connectivity index (χ0n) is 18.0. The Kier molecular flexibility index (Phi) is 6.32. The molecular formula is C24H30ClN3O2. The van der Waals surface area contributed by atoms with Crippen LogP contribution in [-0.4, -0.2) is 61.6 Å². The van der Waals surface area contributed by atoms with E-state index in [0.29, 0.717) is 12.5 Å². The first-order valence-electron chi connectivity index (χ1n) is 10.7. The highest BCUT2D eigenvalue weighted by Gasteiger charge is 2.36. The summed E-state index contributed by atoms with van der Waals surface area (Å²) < 4.78 is 5.47. The average Bonchev–Trinajstić information content (AvgIpc) is 3.00. The molecule has 5 nitrogen and oxygen atoms in total. The first-order chi connectivity index (χ1) is 14.5. The molecule has 1 saturated heterocycles. The van der Waals surface area contributed by atoms with Crippen LogP contribution >= 0.6 is 11.6 Å². The minimum atomic E-state index is 0.198. The maximum atomic E-state index is 13.2. The molecule has 0 aliphatic carbocycles. The van der Waals surface area contributed by atoms with Gasteiger partial charge in [0.15, 0.2) is 0 Å². The van der Waals surface area contributed by atoms with Gasteiger partial charge in [-0.05, 0) is 36.8 Å². The van der Waals surface area contributed by atoms with Gasteiger partial charge in [0.05, 0.1) is 13.7 Å². The van der Waals surface area contributed by atoms with Crippen LogP contribution in [0.3, 0.4) is 0 Å². The Balaban J connectivity index is 1.34. The molecule has 0 aromatic heterocycles. The third-order valence-corrected chi connectivity index (χ3v) is 6.78. The maximum absolute atomic E-state index is 13.2. The maximum Gasteiger partial charge on any atom is 0.241 e. The molecule has 2 heterocycles. The van der Waals surface area contributed by atoms with E-state index in [1.807, 2.05) is 29.2 Å². The number of amides is 1. The molecule has 4 rings (SSSR count). The van der Waals surface area contributed by atoms with E-state index < -0.39 is 0 Å². The molecule has 0 N–H and O–H groups in total. The molecule has 1 amide bonds. The summed E-state index contributed by atoms with van der Waals surface area (Å²) >= 11 is 6.17. The number of halogens is 1. The van der Waals surface area contributed by atoms with Gasteiger partial charge in [-0.15, -0.1) is 0 Å². The van der Waals surface area contributed by atoms with Crippen molar-refractivity contribution in [1.29, 1.82) is 0 Å². The van der Waals surface area contributed by atoms with Crippen molar-refractivity contribution in [3.05, 3.63) is 58.6 Å². The van der Waals surface area contributed by atoms with Gasteiger partial charge in [-0.25, -0.2) is 0 Å². The molecule has 0 bridgehead atoms. The van der Waals surface area contributed by atoms with Gasteiger partial charge in [0.2, 0.25) is 5.91 Å². The molecule has 2 aromatic carbocycles. The summed E-state index contributed by atoms with van der Waals surface area (Å²) in [6.45, 7) is 9.25. The largest absolute Gasteiger partial charge is 0.496 e. The van der Waals surface area contributed by atoms with Gasteiger partial charge in [0.1, 0.15) is 5.75 Å². The summed E-state index contributed by atoms with van der Waals surface area (Å²) in [5.41, 5.74) is 3.46. The second-order valence-corrected chi connectivity index (χ2v) is 8.80. The smallest absolute Gasteiger partial charge is 0.241 e. The first-order valence-corrected chi connectivity index (χ1v) is 11.0. The SMILES string of the molecule is COc1ccc(Cl)cc1CN1CCN(CC(=O)N2c3ccccc3[C@@H](C)[C@H]2C)CC1. The van der Waals surface area contributed by atoms with Crippen LogP contribution in [0.1, 0.15) is 30.9 Å². The molecule has 160 valence electrons. The van der Waals surface area contributed by atoms with Crippen LogP contribution < -0.4 is 9.64 Å².